The van der Waals surface area contributed by atoms with E-state index < -0.39 is 0 Å². The largest absolute Gasteiger partial charge is 0.349 e. The van der Waals surface area contributed by atoms with Crippen LogP contribution in [0.15, 0.2) is 17.2 Å². The molecular weight excluding hydrogens is 388 g/mol. The maximum Gasteiger partial charge on any atom is 0.254 e. The Labute approximate surface area is 177 Å². The van der Waals surface area contributed by atoms with Gasteiger partial charge in [-0.1, -0.05) is 30.9 Å². The lowest BCUT2D eigenvalue weighted by atomic mass is 9.80. The first-order valence-electron chi connectivity index (χ1n) is 11.3. The highest BCUT2D eigenvalue weighted by atomic mass is 35.5. The highest BCUT2D eigenvalue weighted by Crippen LogP contribution is 2.53. The summed E-state index contributed by atoms with van der Waals surface area (Å²) in [6, 6.07) is 3.99. The number of aromatic nitrogens is 1. The van der Waals surface area contributed by atoms with E-state index in [0.717, 1.165) is 34.8 Å². The van der Waals surface area contributed by atoms with E-state index in [1.54, 1.807) is 17.8 Å². The molecule has 4 aliphatic rings. The first-order valence-corrected chi connectivity index (χ1v) is 12.6. The van der Waals surface area contributed by atoms with Gasteiger partial charge in [-0.25, -0.2) is 4.98 Å². The molecule has 0 aliphatic heterocycles. The normalized spacial score (nSPS) is 35.0. The van der Waals surface area contributed by atoms with E-state index in [0.29, 0.717) is 22.4 Å². The third-order valence-corrected chi connectivity index (χ3v) is 9.32. The fourth-order valence-electron chi connectivity index (χ4n) is 6.54. The third-order valence-electron chi connectivity index (χ3n) is 7.77. The van der Waals surface area contributed by atoms with Crippen LogP contribution in [0.5, 0.6) is 0 Å². The van der Waals surface area contributed by atoms with Crippen LogP contribution in [0, 0.1) is 23.7 Å². The van der Waals surface area contributed by atoms with Crippen LogP contribution in [0.25, 0.3) is 0 Å². The van der Waals surface area contributed by atoms with Gasteiger partial charge in [0, 0.05) is 11.3 Å². The molecule has 1 amide bonds. The first-order chi connectivity index (χ1) is 13.7. The highest BCUT2D eigenvalue weighted by Gasteiger charge is 2.46. The minimum absolute atomic E-state index is 0.0636. The summed E-state index contributed by atoms with van der Waals surface area (Å²) < 4.78 is 0. The van der Waals surface area contributed by atoms with Crippen LogP contribution in [0.1, 0.15) is 81.0 Å². The second-order valence-corrected chi connectivity index (χ2v) is 11.3. The third kappa shape index (κ3) is 3.96. The zero-order chi connectivity index (χ0) is 19.1. The number of thioether (sulfide) groups is 1. The van der Waals surface area contributed by atoms with Crippen molar-refractivity contribution in [3.63, 3.8) is 0 Å². The summed E-state index contributed by atoms with van der Waals surface area (Å²) in [7, 11) is 0. The number of fused-ring (bicyclic) bond motifs is 2. The van der Waals surface area contributed by atoms with Gasteiger partial charge in [-0.3, -0.25) is 4.79 Å². The molecule has 5 atom stereocenters. The number of carbonyl (C=O) groups is 1. The molecule has 4 aliphatic carbocycles. The van der Waals surface area contributed by atoms with Crippen LogP contribution in [0.2, 0.25) is 5.15 Å². The molecular formula is C23H31ClN2OS. The summed E-state index contributed by atoms with van der Waals surface area (Å²) in [6.07, 6.45) is 14.3. The van der Waals surface area contributed by atoms with Gasteiger partial charge in [0.25, 0.3) is 5.91 Å². The van der Waals surface area contributed by atoms with Gasteiger partial charge in [0.05, 0.1) is 5.56 Å². The van der Waals surface area contributed by atoms with Crippen molar-refractivity contribution in [1.82, 2.24) is 10.3 Å². The van der Waals surface area contributed by atoms with Crippen LogP contribution in [-0.2, 0) is 0 Å². The zero-order valence-electron chi connectivity index (χ0n) is 16.5. The quantitative estimate of drug-likeness (QED) is 0.600. The maximum absolute atomic E-state index is 13.3. The SMILES string of the molecule is O=C(NC1CCC2CC3CC(C2)C1C3)c1ccc(Cl)nc1SC1CCCCC1. The van der Waals surface area contributed by atoms with Crippen molar-refractivity contribution in [1.29, 1.82) is 0 Å². The smallest absolute Gasteiger partial charge is 0.254 e. The van der Waals surface area contributed by atoms with Crippen molar-refractivity contribution in [3.8, 4) is 0 Å². The second kappa shape index (κ2) is 8.18. The number of carbonyl (C=O) groups excluding carboxylic acids is 1. The van der Waals surface area contributed by atoms with Gasteiger partial charge < -0.3 is 5.32 Å². The van der Waals surface area contributed by atoms with Crippen LogP contribution in [0.4, 0.5) is 0 Å². The molecule has 1 N–H and O–H groups in total. The molecule has 5 unspecified atom stereocenters. The van der Waals surface area contributed by atoms with Crippen molar-refractivity contribution in [2.45, 2.75) is 86.9 Å². The average Bonchev–Trinajstić information content (AvgIpc) is 2.93. The Morgan fingerprint density at radius 3 is 2.68 bits per heavy atom. The van der Waals surface area contributed by atoms with E-state index in [2.05, 4.69) is 10.3 Å². The predicted octanol–water partition coefficient (Wildman–Crippen LogP) is 6.10. The Morgan fingerprint density at radius 2 is 1.82 bits per heavy atom. The summed E-state index contributed by atoms with van der Waals surface area (Å²) in [4.78, 5) is 17.8. The fourth-order valence-corrected chi connectivity index (χ4v) is 8.06. The van der Waals surface area contributed by atoms with Crippen molar-refractivity contribution in [3.05, 3.63) is 22.8 Å². The maximum atomic E-state index is 13.3. The lowest BCUT2D eigenvalue weighted by Crippen LogP contribution is -2.41. The van der Waals surface area contributed by atoms with E-state index >= 15 is 0 Å². The predicted molar refractivity (Wildman–Crippen MR) is 115 cm³/mol. The van der Waals surface area contributed by atoms with Gasteiger partial charge in [0.15, 0.2) is 0 Å². The molecule has 3 nitrogen and oxygen atoms in total. The Kier molecular flexibility index (Phi) is 5.62. The van der Waals surface area contributed by atoms with Crippen molar-refractivity contribution < 1.29 is 4.79 Å². The van der Waals surface area contributed by atoms with Gasteiger partial charge in [-0.05, 0) is 87.2 Å². The van der Waals surface area contributed by atoms with E-state index in [1.165, 1.54) is 64.2 Å². The molecule has 28 heavy (non-hydrogen) atoms. The number of amides is 1. The molecule has 4 saturated carbocycles. The summed E-state index contributed by atoms with van der Waals surface area (Å²) in [6.45, 7) is 0. The molecule has 3 bridgehead atoms. The van der Waals surface area contributed by atoms with Crippen molar-refractivity contribution in [2.24, 2.45) is 23.7 Å². The highest BCUT2D eigenvalue weighted by molar-refractivity contribution is 7.99. The van der Waals surface area contributed by atoms with E-state index in [4.69, 9.17) is 11.6 Å². The minimum Gasteiger partial charge on any atom is -0.349 e. The van der Waals surface area contributed by atoms with Crippen LogP contribution < -0.4 is 5.32 Å². The molecule has 0 aromatic carbocycles. The average molecular weight is 419 g/mol. The van der Waals surface area contributed by atoms with Gasteiger partial charge in [0.1, 0.15) is 10.2 Å². The standard InChI is InChI=1S/C23H31ClN2OS/c24-21-9-7-18(23(26-21)28-17-4-2-1-3-5-17)22(27)25-20-8-6-14-10-15-12-16(11-14)19(20)13-15/h7,9,14-17,19-20H,1-6,8,10-13H2,(H,25,27). The van der Waals surface area contributed by atoms with Crippen molar-refractivity contribution >= 4 is 29.3 Å². The lowest BCUT2D eigenvalue weighted by molar-refractivity contribution is 0.0909. The summed E-state index contributed by atoms with van der Waals surface area (Å²) >= 11 is 7.96. The fraction of sp³-hybridized carbons (Fsp3) is 0.739. The molecule has 5 heteroatoms. The number of rotatable bonds is 4. The molecule has 0 saturated heterocycles. The Balaban J connectivity index is 1.32. The number of nitrogens with zero attached hydrogens (tertiary/aromatic N) is 1. The molecule has 1 aromatic rings. The van der Waals surface area contributed by atoms with Crippen LogP contribution in [-0.4, -0.2) is 22.2 Å². The topological polar surface area (TPSA) is 42.0 Å². The molecule has 0 spiro atoms. The van der Waals surface area contributed by atoms with Gasteiger partial charge in [-0.15, -0.1) is 11.8 Å². The molecule has 1 aromatic heterocycles. The number of nitrogens with one attached hydrogen (secondary N) is 1. The number of hydrogen-bond acceptors (Lipinski definition) is 3. The Morgan fingerprint density at radius 1 is 1.00 bits per heavy atom. The molecule has 0 radical (unpaired) electrons. The molecule has 1 heterocycles. The Hall–Kier alpha value is -0.740. The molecule has 5 rings (SSSR count). The monoisotopic (exact) mass is 418 g/mol. The second-order valence-electron chi connectivity index (χ2n) is 9.62. The van der Waals surface area contributed by atoms with E-state index in [-0.39, 0.29) is 5.91 Å². The molecule has 152 valence electrons. The minimum atomic E-state index is 0.0636. The number of halogens is 1. The zero-order valence-corrected chi connectivity index (χ0v) is 18.1. The van der Waals surface area contributed by atoms with Gasteiger partial charge in [-0.2, -0.15) is 0 Å². The van der Waals surface area contributed by atoms with Gasteiger partial charge in [0.2, 0.25) is 0 Å². The number of hydrogen-bond donors (Lipinski definition) is 1. The van der Waals surface area contributed by atoms with Crippen LogP contribution in [0.3, 0.4) is 0 Å². The summed E-state index contributed by atoms with van der Waals surface area (Å²) in [5.41, 5.74) is 0.726. The van der Waals surface area contributed by atoms with E-state index in [9.17, 15) is 4.79 Å². The van der Waals surface area contributed by atoms with Gasteiger partial charge >= 0.3 is 0 Å². The van der Waals surface area contributed by atoms with Crippen molar-refractivity contribution in [2.75, 3.05) is 0 Å². The van der Waals surface area contributed by atoms with E-state index in [1.807, 2.05) is 6.07 Å². The van der Waals surface area contributed by atoms with Crippen LogP contribution >= 0.6 is 23.4 Å². The summed E-state index contributed by atoms with van der Waals surface area (Å²) in [5, 5.41) is 5.33. The lowest BCUT2D eigenvalue weighted by Gasteiger charge is -2.27. The molecule has 4 fully saturated rings. The number of pyridine rings is 1. The summed E-state index contributed by atoms with van der Waals surface area (Å²) in [5.74, 6) is 3.43. The Bertz CT molecular complexity index is 735. The first kappa shape index (κ1) is 19.2.